The molecule has 1 aliphatic heterocycles. The lowest BCUT2D eigenvalue weighted by Crippen LogP contribution is -2.34. The number of carbonyl (C=O) groups is 1. The molecule has 3 N–H and O–H groups in total. The van der Waals surface area contributed by atoms with Crippen molar-refractivity contribution in [3.05, 3.63) is 24.0 Å². The zero-order valence-electron chi connectivity index (χ0n) is 11.3. The summed E-state index contributed by atoms with van der Waals surface area (Å²) in [5.74, 6) is -1.82. The maximum Gasteiger partial charge on any atom is 0.239 e. The Balaban J connectivity index is 2.00. The van der Waals surface area contributed by atoms with E-state index in [1.165, 1.54) is 6.07 Å². The number of halogens is 1. The van der Waals surface area contributed by atoms with Crippen molar-refractivity contribution in [2.24, 2.45) is 0 Å². The third kappa shape index (κ3) is 4.15. The quantitative estimate of drug-likeness (QED) is 0.806. The number of sulfone groups is 1. The molecule has 0 unspecified atom stereocenters. The van der Waals surface area contributed by atoms with Crippen molar-refractivity contribution in [3.63, 3.8) is 0 Å². The smallest absolute Gasteiger partial charge is 0.239 e. The van der Waals surface area contributed by atoms with Crippen LogP contribution < -0.4 is 11.1 Å². The van der Waals surface area contributed by atoms with Crippen LogP contribution in [0, 0.1) is 5.82 Å². The van der Waals surface area contributed by atoms with Gasteiger partial charge in [0.05, 0.1) is 16.6 Å². The Kier molecular flexibility index (Phi) is 4.79. The second-order valence-electron chi connectivity index (χ2n) is 4.90. The Bertz CT molecular complexity index is 627. The van der Waals surface area contributed by atoms with Crippen LogP contribution in [0.5, 0.6) is 0 Å². The molecule has 1 aromatic carbocycles. The number of hydrogen-bond donors (Lipinski definition) is 2. The molecule has 0 radical (unpaired) electrons. The SMILES string of the molecule is Nc1cc(F)ccc1NC(=O)CS(=O)(=O)C1CCOCC1. The van der Waals surface area contributed by atoms with Gasteiger partial charge in [0.2, 0.25) is 5.91 Å². The summed E-state index contributed by atoms with van der Waals surface area (Å²) in [6.07, 6.45) is 0.794. The fraction of sp³-hybridized carbons (Fsp3) is 0.462. The Morgan fingerprint density at radius 2 is 2.05 bits per heavy atom. The molecule has 8 heteroatoms. The number of amides is 1. The summed E-state index contributed by atoms with van der Waals surface area (Å²) in [6.45, 7) is 0.771. The molecular formula is C13H17FN2O4S. The van der Waals surface area contributed by atoms with Gasteiger partial charge >= 0.3 is 0 Å². The van der Waals surface area contributed by atoms with E-state index >= 15 is 0 Å². The van der Waals surface area contributed by atoms with Crippen molar-refractivity contribution in [1.82, 2.24) is 0 Å². The Hall–Kier alpha value is -1.67. The molecule has 6 nitrogen and oxygen atoms in total. The van der Waals surface area contributed by atoms with Gasteiger partial charge in [0, 0.05) is 13.2 Å². The van der Waals surface area contributed by atoms with Gasteiger partial charge in [-0.05, 0) is 31.0 Å². The second-order valence-corrected chi connectivity index (χ2v) is 7.18. The molecule has 1 aromatic rings. The number of anilines is 2. The number of hydrogen-bond acceptors (Lipinski definition) is 5. The van der Waals surface area contributed by atoms with Crippen LogP contribution in [0.2, 0.25) is 0 Å². The average molecular weight is 316 g/mol. The summed E-state index contributed by atoms with van der Waals surface area (Å²) in [5, 5.41) is 1.84. The van der Waals surface area contributed by atoms with Crippen LogP contribution in [0.3, 0.4) is 0 Å². The van der Waals surface area contributed by atoms with Crippen molar-refractivity contribution in [2.45, 2.75) is 18.1 Å². The highest BCUT2D eigenvalue weighted by Gasteiger charge is 2.29. The van der Waals surface area contributed by atoms with E-state index in [-0.39, 0.29) is 11.4 Å². The molecule has 0 atom stereocenters. The molecule has 1 saturated heterocycles. The van der Waals surface area contributed by atoms with Gasteiger partial charge in [0.25, 0.3) is 0 Å². The highest BCUT2D eigenvalue weighted by molar-refractivity contribution is 7.92. The molecular weight excluding hydrogens is 299 g/mol. The van der Waals surface area contributed by atoms with Gasteiger partial charge in [0.15, 0.2) is 9.84 Å². The predicted octanol–water partition coefficient (Wildman–Crippen LogP) is 0.940. The van der Waals surface area contributed by atoms with Crippen LogP contribution in [0.25, 0.3) is 0 Å². The number of nitrogens with two attached hydrogens (primary N) is 1. The van der Waals surface area contributed by atoms with E-state index < -0.39 is 32.6 Å². The van der Waals surface area contributed by atoms with Gasteiger partial charge in [-0.2, -0.15) is 0 Å². The summed E-state index contributed by atoms with van der Waals surface area (Å²) >= 11 is 0. The van der Waals surface area contributed by atoms with E-state index in [2.05, 4.69) is 5.32 Å². The summed E-state index contributed by atoms with van der Waals surface area (Å²) < 4.78 is 42.2. The van der Waals surface area contributed by atoms with Crippen LogP contribution in [0.4, 0.5) is 15.8 Å². The molecule has 1 fully saturated rings. The standard InChI is InChI=1S/C13H17FN2O4S/c14-9-1-2-12(11(15)7-9)16-13(17)8-21(18,19)10-3-5-20-6-4-10/h1-2,7,10H,3-6,8,15H2,(H,16,17). The molecule has 0 aliphatic carbocycles. The first-order valence-corrected chi connectivity index (χ1v) is 8.24. The number of rotatable bonds is 4. The number of nitrogen functional groups attached to an aromatic ring is 1. The molecule has 21 heavy (non-hydrogen) atoms. The van der Waals surface area contributed by atoms with Crippen molar-refractivity contribution in [2.75, 3.05) is 30.0 Å². The Labute approximate surface area is 122 Å². The van der Waals surface area contributed by atoms with Crippen LogP contribution >= 0.6 is 0 Å². The first-order valence-electron chi connectivity index (χ1n) is 6.52. The monoisotopic (exact) mass is 316 g/mol. The van der Waals surface area contributed by atoms with Gasteiger partial charge in [-0.1, -0.05) is 0 Å². The molecule has 1 heterocycles. The van der Waals surface area contributed by atoms with E-state index in [1.54, 1.807) is 0 Å². The molecule has 0 saturated carbocycles. The normalized spacial score (nSPS) is 16.6. The zero-order chi connectivity index (χ0) is 15.5. The van der Waals surface area contributed by atoms with E-state index in [0.29, 0.717) is 26.1 Å². The Morgan fingerprint density at radius 1 is 1.38 bits per heavy atom. The Morgan fingerprint density at radius 3 is 2.67 bits per heavy atom. The maximum atomic E-state index is 12.9. The summed E-state index contributed by atoms with van der Waals surface area (Å²) in [7, 11) is -3.53. The molecule has 1 amide bonds. The molecule has 0 bridgehead atoms. The first kappa shape index (κ1) is 15.7. The zero-order valence-corrected chi connectivity index (χ0v) is 12.2. The van der Waals surface area contributed by atoms with Crippen LogP contribution in [-0.2, 0) is 19.4 Å². The molecule has 0 aromatic heterocycles. The van der Waals surface area contributed by atoms with Gasteiger partial charge in [-0.3, -0.25) is 4.79 Å². The lowest BCUT2D eigenvalue weighted by Gasteiger charge is -2.21. The minimum atomic E-state index is -3.53. The fourth-order valence-corrected chi connectivity index (χ4v) is 3.75. The van der Waals surface area contributed by atoms with Crippen molar-refractivity contribution in [3.8, 4) is 0 Å². The summed E-state index contributed by atoms with van der Waals surface area (Å²) in [6, 6.07) is 3.49. The lowest BCUT2D eigenvalue weighted by atomic mass is 10.2. The number of nitrogens with one attached hydrogen (secondary N) is 1. The molecule has 116 valence electrons. The van der Waals surface area contributed by atoms with Gasteiger partial charge in [-0.15, -0.1) is 0 Å². The third-order valence-corrected chi connectivity index (χ3v) is 5.45. The van der Waals surface area contributed by atoms with Crippen molar-refractivity contribution >= 4 is 27.1 Å². The van der Waals surface area contributed by atoms with Gasteiger partial charge in [-0.25, -0.2) is 12.8 Å². The summed E-state index contributed by atoms with van der Waals surface area (Å²) in [5.41, 5.74) is 5.80. The fourth-order valence-electron chi connectivity index (χ4n) is 2.17. The number of carbonyl (C=O) groups excluding carboxylic acids is 1. The molecule has 0 spiro atoms. The van der Waals surface area contributed by atoms with Crippen LogP contribution in [0.1, 0.15) is 12.8 Å². The lowest BCUT2D eigenvalue weighted by molar-refractivity contribution is -0.113. The highest BCUT2D eigenvalue weighted by atomic mass is 32.2. The largest absolute Gasteiger partial charge is 0.397 e. The average Bonchev–Trinajstić information content (AvgIpc) is 2.42. The minimum Gasteiger partial charge on any atom is -0.397 e. The van der Waals surface area contributed by atoms with Crippen molar-refractivity contribution < 1.29 is 22.3 Å². The maximum absolute atomic E-state index is 12.9. The predicted molar refractivity (Wildman–Crippen MR) is 77.1 cm³/mol. The number of benzene rings is 1. The summed E-state index contributed by atoms with van der Waals surface area (Å²) in [4.78, 5) is 11.8. The molecule has 1 aliphatic rings. The number of ether oxygens (including phenoxy) is 1. The van der Waals surface area contributed by atoms with E-state index in [1.807, 2.05) is 0 Å². The topological polar surface area (TPSA) is 98.5 Å². The highest BCUT2D eigenvalue weighted by Crippen LogP contribution is 2.20. The first-order chi connectivity index (χ1) is 9.88. The van der Waals surface area contributed by atoms with Crippen molar-refractivity contribution in [1.29, 1.82) is 0 Å². The van der Waals surface area contributed by atoms with E-state index in [9.17, 15) is 17.6 Å². The molecule has 2 rings (SSSR count). The van der Waals surface area contributed by atoms with Gasteiger partial charge < -0.3 is 15.8 Å². The van der Waals surface area contributed by atoms with E-state index in [0.717, 1.165) is 12.1 Å². The minimum absolute atomic E-state index is 0.0480. The second kappa shape index (κ2) is 6.40. The van der Waals surface area contributed by atoms with Gasteiger partial charge in [0.1, 0.15) is 11.6 Å². The van der Waals surface area contributed by atoms with E-state index in [4.69, 9.17) is 10.5 Å². The third-order valence-electron chi connectivity index (χ3n) is 3.30. The van der Waals surface area contributed by atoms with Crippen LogP contribution in [0.15, 0.2) is 18.2 Å². The van der Waals surface area contributed by atoms with Crippen LogP contribution in [-0.4, -0.2) is 38.5 Å².